The second-order valence-corrected chi connectivity index (χ2v) is 3.88. The van der Waals surface area contributed by atoms with Crippen LogP contribution in [0.4, 0.5) is 10.5 Å². The number of carbonyl (C=O) groups is 3. The van der Waals surface area contributed by atoms with Gasteiger partial charge in [0.1, 0.15) is 6.04 Å². The fourth-order valence-corrected chi connectivity index (χ4v) is 1.62. The Morgan fingerprint density at radius 3 is 2.53 bits per heavy atom. The third-order valence-corrected chi connectivity index (χ3v) is 2.44. The molecule has 1 aromatic rings. The maximum atomic E-state index is 11.3. The molecule has 92 valence electrons. The lowest BCUT2D eigenvalue weighted by molar-refractivity contribution is -0.145. The molecular formula is C9H10N2O5S. The van der Waals surface area contributed by atoms with Gasteiger partial charge in [-0.25, -0.2) is 9.59 Å². The summed E-state index contributed by atoms with van der Waals surface area (Å²) in [7, 11) is 0. The normalized spacial score (nSPS) is 11.5. The molecule has 1 atom stereocenters. The first-order valence-electron chi connectivity index (χ1n) is 4.53. The van der Waals surface area contributed by atoms with E-state index in [-0.39, 0.29) is 0 Å². The molecule has 7 nitrogen and oxygen atoms in total. The zero-order valence-corrected chi connectivity index (χ0v) is 9.36. The molecule has 0 saturated carbocycles. The Morgan fingerprint density at radius 1 is 1.35 bits per heavy atom. The summed E-state index contributed by atoms with van der Waals surface area (Å²) < 4.78 is 0. The zero-order chi connectivity index (χ0) is 12.8. The van der Waals surface area contributed by atoms with E-state index in [1.54, 1.807) is 16.8 Å². The molecule has 17 heavy (non-hydrogen) atoms. The van der Waals surface area contributed by atoms with Crippen molar-refractivity contribution in [3.05, 3.63) is 16.8 Å². The summed E-state index contributed by atoms with van der Waals surface area (Å²) in [5, 5.41) is 25.0. The molecule has 0 aliphatic carbocycles. The lowest BCUT2D eigenvalue weighted by Gasteiger charge is -2.12. The summed E-state index contributed by atoms with van der Waals surface area (Å²) in [4.78, 5) is 32.4. The lowest BCUT2D eigenvalue weighted by Crippen LogP contribution is -2.44. The molecule has 0 fully saturated rings. The topological polar surface area (TPSA) is 116 Å². The number of carboxylic acids is 2. The van der Waals surface area contributed by atoms with Crippen molar-refractivity contribution in [2.75, 3.05) is 5.32 Å². The van der Waals surface area contributed by atoms with Crippen molar-refractivity contribution in [2.24, 2.45) is 0 Å². The minimum absolute atomic E-state index is 0.520. The van der Waals surface area contributed by atoms with E-state index >= 15 is 0 Å². The molecule has 8 heteroatoms. The van der Waals surface area contributed by atoms with Gasteiger partial charge in [-0.05, 0) is 11.4 Å². The van der Waals surface area contributed by atoms with Crippen LogP contribution in [-0.4, -0.2) is 34.2 Å². The van der Waals surface area contributed by atoms with Crippen molar-refractivity contribution in [3.8, 4) is 0 Å². The van der Waals surface area contributed by atoms with E-state index < -0.39 is 30.4 Å². The van der Waals surface area contributed by atoms with Gasteiger partial charge < -0.3 is 20.8 Å². The van der Waals surface area contributed by atoms with E-state index in [1.807, 2.05) is 0 Å². The van der Waals surface area contributed by atoms with Gasteiger partial charge in [0.25, 0.3) is 0 Å². The number of hydrogen-bond acceptors (Lipinski definition) is 4. The van der Waals surface area contributed by atoms with Gasteiger partial charge in [0, 0.05) is 5.38 Å². The maximum absolute atomic E-state index is 11.3. The van der Waals surface area contributed by atoms with E-state index in [0.717, 1.165) is 0 Å². The number of carbonyl (C=O) groups excluding carboxylic acids is 1. The molecule has 0 radical (unpaired) electrons. The van der Waals surface area contributed by atoms with Crippen LogP contribution in [0.1, 0.15) is 6.42 Å². The minimum atomic E-state index is -1.45. The molecule has 2 amide bonds. The highest BCUT2D eigenvalue weighted by atomic mass is 32.1. The number of thiophene rings is 1. The van der Waals surface area contributed by atoms with Crippen molar-refractivity contribution < 1.29 is 24.6 Å². The van der Waals surface area contributed by atoms with Gasteiger partial charge in [-0.1, -0.05) is 0 Å². The predicted octanol–water partition coefficient (Wildman–Crippen LogP) is 0.797. The van der Waals surface area contributed by atoms with Crippen molar-refractivity contribution >= 4 is 35.0 Å². The second kappa shape index (κ2) is 5.85. The average molecular weight is 258 g/mol. The van der Waals surface area contributed by atoms with Crippen molar-refractivity contribution in [1.29, 1.82) is 0 Å². The van der Waals surface area contributed by atoms with Crippen LogP contribution in [0.25, 0.3) is 0 Å². The van der Waals surface area contributed by atoms with Crippen LogP contribution in [0.5, 0.6) is 0 Å². The van der Waals surface area contributed by atoms with Crippen LogP contribution < -0.4 is 10.6 Å². The maximum Gasteiger partial charge on any atom is 0.326 e. The van der Waals surface area contributed by atoms with Gasteiger partial charge in [0.05, 0.1) is 12.1 Å². The van der Waals surface area contributed by atoms with Gasteiger partial charge in [-0.2, -0.15) is 11.3 Å². The number of hydrogen-bond donors (Lipinski definition) is 4. The van der Waals surface area contributed by atoms with Crippen LogP contribution in [0.15, 0.2) is 16.8 Å². The quantitative estimate of drug-likeness (QED) is 0.623. The molecular weight excluding hydrogens is 248 g/mol. The number of aliphatic carboxylic acids is 2. The molecule has 0 bridgehead atoms. The molecule has 1 rings (SSSR count). The molecule has 0 aliphatic rings. The highest BCUT2D eigenvalue weighted by Crippen LogP contribution is 2.11. The number of urea groups is 1. The second-order valence-electron chi connectivity index (χ2n) is 3.10. The molecule has 1 aromatic heterocycles. The van der Waals surface area contributed by atoms with Crippen molar-refractivity contribution in [3.63, 3.8) is 0 Å². The first kappa shape index (κ1) is 13.0. The van der Waals surface area contributed by atoms with E-state index in [4.69, 9.17) is 10.2 Å². The Labute approximate surface area is 100 Å². The number of amides is 2. The van der Waals surface area contributed by atoms with Gasteiger partial charge >= 0.3 is 18.0 Å². The van der Waals surface area contributed by atoms with Crippen LogP contribution in [0, 0.1) is 0 Å². The Morgan fingerprint density at radius 2 is 2.06 bits per heavy atom. The fourth-order valence-electron chi connectivity index (χ4n) is 1.04. The third-order valence-electron chi connectivity index (χ3n) is 1.76. The average Bonchev–Trinajstić information content (AvgIpc) is 2.68. The standard InChI is InChI=1S/C9H10N2O5S/c12-7(13)3-6(8(14)15)11-9(16)10-5-1-2-17-4-5/h1-2,4,6H,3H2,(H,12,13)(H,14,15)(H2,10,11,16)/t6-/m1/s1. The summed E-state index contributed by atoms with van der Waals surface area (Å²) in [5.74, 6) is -2.69. The number of rotatable bonds is 5. The van der Waals surface area contributed by atoms with Crippen LogP contribution in [0.2, 0.25) is 0 Å². The van der Waals surface area contributed by atoms with Crippen LogP contribution in [0.3, 0.4) is 0 Å². The van der Waals surface area contributed by atoms with Gasteiger partial charge in [0.2, 0.25) is 0 Å². The van der Waals surface area contributed by atoms with Crippen LogP contribution >= 0.6 is 11.3 Å². The fraction of sp³-hybridized carbons (Fsp3) is 0.222. The SMILES string of the molecule is O=C(O)C[C@@H](NC(=O)Nc1ccsc1)C(=O)O. The monoisotopic (exact) mass is 258 g/mol. The van der Waals surface area contributed by atoms with Gasteiger partial charge in [0.15, 0.2) is 0 Å². The smallest absolute Gasteiger partial charge is 0.326 e. The summed E-state index contributed by atoms with van der Waals surface area (Å²) in [6.45, 7) is 0. The number of nitrogens with one attached hydrogen (secondary N) is 2. The van der Waals surface area contributed by atoms with Crippen molar-refractivity contribution in [1.82, 2.24) is 5.32 Å². The Bertz CT molecular complexity index is 417. The molecule has 0 aromatic carbocycles. The Kier molecular flexibility index (Phi) is 4.46. The number of anilines is 1. The summed E-state index contributed by atoms with van der Waals surface area (Å²) in [6.07, 6.45) is -0.674. The van der Waals surface area contributed by atoms with E-state index in [1.165, 1.54) is 11.3 Å². The summed E-state index contributed by atoms with van der Waals surface area (Å²) in [5.41, 5.74) is 0.520. The Hall–Kier alpha value is -2.09. The van der Waals surface area contributed by atoms with E-state index in [9.17, 15) is 14.4 Å². The first-order valence-corrected chi connectivity index (χ1v) is 5.47. The van der Waals surface area contributed by atoms with E-state index in [0.29, 0.717) is 5.69 Å². The largest absolute Gasteiger partial charge is 0.481 e. The zero-order valence-electron chi connectivity index (χ0n) is 8.54. The molecule has 0 unspecified atom stereocenters. The number of carboxylic acid groups (broad SMARTS) is 2. The molecule has 1 heterocycles. The molecule has 0 aliphatic heterocycles. The van der Waals surface area contributed by atoms with Gasteiger partial charge in [-0.3, -0.25) is 4.79 Å². The molecule has 0 spiro atoms. The van der Waals surface area contributed by atoms with E-state index in [2.05, 4.69) is 10.6 Å². The lowest BCUT2D eigenvalue weighted by atomic mass is 10.2. The van der Waals surface area contributed by atoms with Gasteiger partial charge in [-0.15, -0.1) is 0 Å². The highest BCUT2D eigenvalue weighted by molar-refractivity contribution is 7.08. The predicted molar refractivity (Wildman–Crippen MR) is 60.2 cm³/mol. The molecule has 0 saturated heterocycles. The van der Waals surface area contributed by atoms with Crippen molar-refractivity contribution in [2.45, 2.75) is 12.5 Å². The summed E-state index contributed by atoms with van der Waals surface area (Å²) in [6, 6.07) is -0.569. The van der Waals surface area contributed by atoms with Crippen LogP contribution in [-0.2, 0) is 9.59 Å². The first-order chi connectivity index (χ1) is 7.99. The minimum Gasteiger partial charge on any atom is -0.481 e. The Balaban J connectivity index is 2.52. The highest BCUT2D eigenvalue weighted by Gasteiger charge is 2.22. The third kappa shape index (κ3) is 4.51. The molecule has 4 N–H and O–H groups in total. The summed E-state index contributed by atoms with van der Waals surface area (Å²) >= 11 is 1.36.